The van der Waals surface area contributed by atoms with Crippen LogP contribution in [0.4, 0.5) is 13.2 Å². The van der Waals surface area contributed by atoms with Crippen LogP contribution in [0.1, 0.15) is 17.0 Å². The molecule has 2 aromatic rings. The number of alkyl halides is 3. The van der Waals surface area contributed by atoms with Crippen LogP contribution in [0, 0.1) is 6.92 Å². The highest BCUT2D eigenvalue weighted by Gasteiger charge is 2.32. The molecule has 0 bridgehead atoms. The molecular weight excluding hydrogens is 326 g/mol. The number of nitrogens with zero attached hydrogens (tertiary/aromatic N) is 3. The molecule has 0 saturated carbocycles. The second-order valence-electron chi connectivity index (χ2n) is 4.30. The van der Waals surface area contributed by atoms with Crippen LogP contribution < -0.4 is 0 Å². The third-order valence-electron chi connectivity index (χ3n) is 2.76. The van der Waals surface area contributed by atoms with Crippen LogP contribution in [0.25, 0.3) is 5.69 Å². The van der Waals surface area contributed by atoms with E-state index in [1.165, 1.54) is 0 Å². The highest BCUT2D eigenvalue weighted by molar-refractivity contribution is 6.37. The Balaban J connectivity index is 2.55. The minimum Gasteiger partial charge on any atom is -0.166 e. The lowest BCUT2D eigenvalue weighted by Crippen LogP contribution is -2.08. The Morgan fingerprint density at radius 2 is 1.81 bits per heavy atom. The number of hydrogen-bond acceptors (Lipinski definition) is 2. The summed E-state index contributed by atoms with van der Waals surface area (Å²) in [6.45, 7) is 5.33. The summed E-state index contributed by atoms with van der Waals surface area (Å²) in [5.74, 6) is 0. The average molecular weight is 336 g/mol. The van der Waals surface area contributed by atoms with Crippen molar-refractivity contribution < 1.29 is 13.2 Å². The number of benzene rings is 1. The fraction of sp³-hybridized carbons (Fsp3) is 0.231. The maximum Gasteiger partial charge on any atom is 0.416 e. The van der Waals surface area contributed by atoms with Gasteiger partial charge in [0.2, 0.25) is 0 Å². The fourth-order valence-corrected chi connectivity index (χ4v) is 2.39. The van der Waals surface area contributed by atoms with Crippen LogP contribution in [-0.4, -0.2) is 15.0 Å². The van der Waals surface area contributed by atoms with E-state index < -0.39 is 11.7 Å². The van der Waals surface area contributed by atoms with Crippen molar-refractivity contribution in [2.45, 2.75) is 19.5 Å². The molecule has 112 valence electrons. The van der Waals surface area contributed by atoms with E-state index >= 15 is 0 Å². The van der Waals surface area contributed by atoms with Crippen molar-refractivity contribution in [3.05, 3.63) is 51.8 Å². The number of halogens is 5. The highest BCUT2D eigenvalue weighted by Crippen LogP contribution is 2.37. The molecule has 1 heterocycles. The predicted octanol–water partition coefficient (Wildman–Crippen LogP) is 4.63. The standard InChI is InChI=1S/C13H10Cl2F3N3/c1-3-4-11-7(2)19-21(20-11)12-9(14)5-8(6-10(12)15)13(16,17)18/h3,5-6H,1,4H2,2H3. The molecule has 0 unspecified atom stereocenters. The van der Waals surface area contributed by atoms with Crippen molar-refractivity contribution in [2.75, 3.05) is 0 Å². The molecule has 0 N–H and O–H groups in total. The van der Waals surface area contributed by atoms with E-state index in [4.69, 9.17) is 23.2 Å². The van der Waals surface area contributed by atoms with Crippen molar-refractivity contribution in [3.63, 3.8) is 0 Å². The van der Waals surface area contributed by atoms with Crippen LogP contribution in [-0.2, 0) is 12.6 Å². The first-order valence-electron chi connectivity index (χ1n) is 5.84. The van der Waals surface area contributed by atoms with Crippen LogP contribution in [0.2, 0.25) is 10.0 Å². The van der Waals surface area contributed by atoms with Crippen molar-refractivity contribution in [3.8, 4) is 5.69 Å². The molecule has 21 heavy (non-hydrogen) atoms. The first-order valence-corrected chi connectivity index (χ1v) is 6.60. The highest BCUT2D eigenvalue weighted by atomic mass is 35.5. The summed E-state index contributed by atoms with van der Waals surface area (Å²) < 4.78 is 38.1. The number of allylic oxidation sites excluding steroid dienone is 1. The monoisotopic (exact) mass is 335 g/mol. The van der Waals surface area contributed by atoms with Gasteiger partial charge in [0.1, 0.15) is 5.69 Å². The van der Waals surface area contributed by atoms with Crippen molar-refractivity contribution >= 4 is 23.2 Å². The molecule has 0 atom stereocenters. The molecule has 0 aliphatic carbocycles. The number of aryl methyl sites for hydroxylation is 1. The van der Waals surface area contributed by atoms with Gasteiger partial charge in [0, 0.05) is 6.42 Å². The topological polar surface area (TPSA) is 30.7 Å². The van der Waals surface area contributed by atoms with E-state index in [0.29, 0.717) is 17.8 Å². The van der Waals surface area contributed by atoms with Gasteiger partial charge in [0.05, 0.1) is 27.0 Å². The Labute approximate surface area is 129 Å². The molecule has 3 nitrogen and oxygen atoms in total. The van der Waals surface area contributed by atoms with Gasteiger partial charge < -0.3 is 0 Å². The van der Waals surface area contributed by atoms with Crippen molar-refractivity contribution in [1.29, 1.82) is 0 Å². The van der Waals surface area contributed by atoms with Gasteiger partial charge >= 0.3 is 6.18 Å². The van der Waals surface area contributed by atoms with Gasteiger partial charge in [-0.25, -0.2) is 0 Å². The first-order chi connectivity index (χ1) is 9.74. The largest absolute Gasteiger partial charge is 0.416 e. The Bertz CT molecular complexity index is 669. The van der Waals surface area contributed by atoms with Crippen LogP contribution >= 0.6 is 23.2 Å². The van der Waals surface area contributed by atoms with Gasteiger partial charge in [-0.2, -0.15) is 23.4 Å². The first kappa shape index (κ1) is 15.9. The molecule has 1 aromatic heterocycles. The molecule has 0 aliphatic rings. The zero-order valence-corrected chi connectivity index (χ0v) is 12.4. The van der Waals surface area contributed by atoms with E-state index in [0.717, 1.165) is 16.9 Å². The Kier molecular flexibility index (Phi) is 4.30. The van der Waals surface area contributed by atoms with E-state index in [-0.39, 0.29) is 15.7 Å². The van der Waals surface area contributed by atoms with Gasteiger partial charge in [-0.05, 0) is 19.1 Å². The quantitative estimate of drug-likeness (QED) is 0.765. The summed E-state index contributed by atoms with van der Waals surface area (Å²) in [5.41, 5.74) is 0.472. The molecule has 0 fully saturated rings. The van der Waals surface area contributed by atoms with Gasteiger partial charge in [0.15, 0.2) is 0 Å². The summed E-state index contributed by atoms with van der Waals surface area (Å²) >= 11 is 11.8. The summed E-state index contributed by atoms with van der Waals surface area (Å²) in [5, 5.41) is 7.95. The van der Waals surface area contributed by atoms with Gasteiger partial charge in [-0.1, -0.05) is 29.3 Å². The molecule has 2 rings (SSSR count). The van der Waals surface area contributed by atoms with Crippen LogP contribution in [0.15, 0.2) is 24.8 Å². The van der Waals surface area contributed by atoms with Crippen LogP contribution in [0.3, 0.4) is 0 Å². The van der Waals surface area contributed by atoms with E-state index in [9.17, 15) is 13.2 Å². The lowest BCUT2D eigenvalue weighted by atomic mass is 10.2. The van der Waals surface area contributed by atoms with Gasteiger partial charge in [-0.3, -0.25) is 0 Å². The molecule has 1 aromatic carbocycles. The van der Waals surface area contributed by atoms with Crippen LogP contribution in [0.5, 0.6) is 0 Å². The maximum atomic E-state index is 12.7. The predicted molar refractivity (Wildman–Crippen MR) is 75.0 cm³/mol. The zero-order valence-electron chi connectivity index (χ0n) is 10.9. The zero-order chi connectivity index (χ0) is 15.8. The third kappa shape index (κ3) is 3.22. The number of hydrogen-bond donors (Lipinski definition) is 0. The molecular formula is C13H10Cl2F3N3. The Morgan fingerprint density at radius 3 is 2.29 bits per heavy atom. The number of aromatic nitrogens is 3. The molecule has 0 aliphatic heterocycles. The van der Waals surface area contributed by atoms with E-state index in [2.05, 4.69) is 16.8 Å². The normalized spacial score (nSPS) is 11.7. The summed E-state index contributed by atoms with van der Waals surface area (Å²) in [6, 6.07) is 1.60. The van der Waals surface area contributed by atoms with Crippen molar-refractivity contribution in [2.24, 2.45) is 0 Å². The molecule has 0 saturated heterocycles. The lowest BCUT2D eigenvalue weighted by molar-refractivity contribution is -0.137. The van der Waals surface area contributed by atoms with E-state index in [1.807, 2.05) is 0 Å². The van der Waals surface area contributed by atoms with Gasteiger partial charge in [0.25, 0.3) is 0 Å². The van der Waals surface area contributed by atoms with Crippen molar-refractivity contribution in [1.82, 2.24) is 15.0 Å². The molecule has 0 radical (unpaired) electrons. The fourth-order valence-electron chi connectivity index (χ4n) is 1.75. The Morgan fingerprint density at radius 1 is 1.24 bits per heavy atom. The smallest absolute Gasteiger partial charge is 0.166 e. The SMILES string of the molecule is C=CCc1nn(-c2c(Cl)cc(C(F)(F)F)cc2Cl)nc1C. The summed E-state index contributed by atoms with van der Waals surface area (Å²) in [6.07, 6.45) is -2.38. The lowest BCUT2D eigenvalue weighted by Gasteiger charge is -2.11. The number of rotatable bonds is 3. The average Bonchev–Trinajstić information content (AvgIpc) is 2.69. The third-order valence-corrected chi connectivity index (χ3v) is 3.34. The minimum atomic E-state index is -4.52. The Hall–Kier alpha value is -1.53. The summed E-state index contributed by atoms with van der Waals surface area (Å²) in [4.78, 5) is 1.14. The molecule has 8 heteroatoms. The molecule has 0 amide bonds. The second-order valence-corrected chi connectivity index (χ2v) is 5.12. The minimum absolute atomic E-state index is 0.116. The summed E-state index contributed by atoms with van der Waals surface area (Å²) in [7, 11) is 0. The van der Waals surface area contributed by atoms with Gasteiger partial charge in [-0.15, -0.1) is 11.4 Å². The molecule has 0 spiro atoms. The maximum absolute atomic E-state index is 12.7. The van der Waals surface area contributed by atoms with E-state index in [1.54, 1.807) is 13.0 Å². The second kappa shape index (κ2) is 5.69.